The lowest BCUT2D eigenvalue weighted by Crippen LogP contribution is -2.39. The molecule has 0 bridgehead atoms. The van der Waals surface area contributed by atoms with Crippen molar-refractivity contribution in [2.75, 3.05) is 13.1 Å². The molecule has 4 nitrogen and oxygen atoms in total. The Kier molecular flexibility index (Phi) is 6.36. The average Bonchev–Trinajstić information content (AvgIpc) is 2.98. The summed E-state index contributed by atoms with van der Waals surface area (Å²) in [5.74, 6) is -1.10. The molecule has 140 valence electrons. The Morgan fingerprint density at radius 3 is 2.19 bits per heavy atom. The third-order valence-corrected chi connectivity index (χ3v) is 4.61. The maximum Gasteiger partial charge on any atom is 0.270 e. The third-order valence-electron chi connectivity index (χ3n) is 4.61. The van der Waals surface area contributed by atoms with Crippen LogP contribution in [-0.4, -0.2) is 29.8 Å². The van der Waals surface area contributed by atoms with Crippen molar-refractivity contribution in [3.8, 4) is 0 Å². The zero-order valence-electron chi connectivity index (χ0n) is 15.2. The predicted molar refractivity (Wildman–Crippen MR) is 103 cm³/mol. The van der Waals surface area contributed by atoms with Gasteiger partial charge in [-0.3, -0.25) is 9.59 Å². The van der Waals surface area contributed by atoms with Crippen molar-refractivity contribution in [2.45, 2.75) is 25.7 Å². The van der Waals surface area contributed by atoms with Crippen LogP contribution in [0.3, 0.4) is 0 Å². The molecule has 1 N–H and O–H groups in total. The largest absolute Gasteiger partial charge is 0.337 e. The lowest BCUT2D eigenvalue weighted by molar-refractivity contribution is -0.127. The van der Waals surface area contributed by atoms with E-state index in [1.165, 1.54) is 12.1 Å². The first-order valence-corrected chi connectivity index (χ1v) is 9.27. The fourth-order valence-electron chi connectivity index (χ4n) is 3.13. The average molecular weight is 366 g/mol. The van der Waals surface area contributed by atoms with Gasteiger partial charge >= 0.3 is 0 Å². The van der Waals surface area contributed by atoms with Crippen LogP contribution in [0.15, 0.2) is 60.3 Å². The summed E-state index contributed by atoms with van der Waals surface area (Å²) >= 11 is 0. The van der Waals surface area contributed by atoms with E-state index in [2.05, 4.69) is 5.32 Å². The fraction of sp³-hybridized carbons (Fsp3) is 0.273. The van der Waals surface area contributed by atoms with Crippen LogP contribution in [0, 0.1) is 5.82 Å². The fourth-order valence-corrected chi connectivity index (χ4v) is 3.13. The van der Waals surface area contributed by atoms with Gasteiger partial charge in [-0.1, -0.05) is 49.2 Å². The van der Waals surface area contributed by atoms with E-state index in [1.807, 2.05) is 6.07 Å². The summed E-state index contributed by atoms with van der Waals surface area (Å²) in [6.45, 7) is 1.29. The summed E-state index contributed by atoms with van der Waals surface area (Å²) in [5.41, 5.74) is 0.806. The Morgan fingerprint density at radius 2 is 1.52 bits per heavy atom. The lowest BCUT2D eigenvalue weighted by Gasteiger charge is -2.22. The summed E-state index contributed by atoms with van der Waals surface area (Å²) in [5, 5.41) is 2.69. The van der Waals surface area contributed by atoms with E-state index in [0.29, 0.717) is 18.7 Å². The number of benzene rings is 2. The van der Waals surface area contributed by atoms with Crippen molar-refractivity contribution in [2.24, 2.45) is 0 Å². The van der Waals surface area contributed by atoms with Gasteiger partial charge in [0.25, 0.3) is 11.8 Å². The Balaban J connectivity index is 1.89. The molecule has 0 aromatic heterocycles. The van der Waals surface area contributed by atoms with Gasteiger partial charge in [0, 0.05) is 24.2 Å². The second-order valence-electron chi connectivity index (χ2n) is 6.61. The highest BCUT2D eigenvalue weighted by molar-refractivity contribution is 6.05. The van der Waals surface area contributed by atoms with Gasteiger partial charge in [-0.25, -0.2) is 4.39 Å². The molecule has 0 unspecified atom stereocenters. The van der Waals surface area contributed by atoms with Crippen molar-refractivity contribution in [3.63, 3.8) is 0 Å². The van der Waals surface area contributed by atoms with Crippen molar-refractivity contribution in [3.05, 3.63) is 77.2 Å². The van der Waals surface area contributed by atoms with Gasteiger partial charge < -0.3 is 10.2 Å². The van der Waals surface area contributed by atoms with Gasteiger partial charge in [0.05, 0.1) is 0 Å². The molecular formula is C22H23FN2O2. The molecule has 1 fully saturated rings. The van der Waals surface area contributed by atoms with Crippen molar-refractivity contribution in [1.29, 1.82) is 0 Å². The second kappa shape index (κ2) is 9.12. The number of nitrogens with zero attached hydrogens (tertiary/aromatic N) is 1. The van der Waals surface area contributed by atoms with Gasteiger partial charge in [-0.15, -0.1) is 0 Å². The van der Waals surface area contributed by atoms with Gasteiger partial charge in [0.1, 0.15) is 11.5 Å². The van der Waals surface area contributed by atoms with Crippen LogP contribution in [0.1, 0.15) is 41.6 Å². The molecule has 27 heavy (non-hydrogen) atoms. The predicted octanol–water partition coefficient (Wildman–Crippen LogP) is 4.00. The lowest BCUT2D eigenvalue weighted by atomic mass is 10.1. The molecule has 2 aromatic rings. The van der Waals surface area contributed by atoms with Crippen LogP contribution in [0.5, 0.6) is 0 Å². The zero-order valence-corrected chi connectivity index (χ0v) is 15.2. The Bertz CT molecular complexity index is 825. The van der Waals surface area contributed by atoms with E-state index in [9.17, 15) is 14.0 Å². The molecule has 0 radical (unpaired) electrons. The quantitative estimate of drug-likeness (QED) is 0.832. The van der Waals surface area contributed by atoms with E-state index in [4.69, 9.17) is 0 Å². The number of carbonyl (C=O) groups is 2. The molecule has 0 aliphatic carbocycles. The Hall–Kier alpha value is -2.95. The molecule has 2 amide bonds. The highest BCUT2D eigenvalue weighted by atomic mass is 19.1. The van der Waals surface area contributed by atoms with E-state index in [0.717, 1.165) is 25.7 Å². The summed E-state index contributed by atoms with van der Waals surface area (Å²) < 4.78 is 14.1. The topological polar surface area (TPSA) is 49.4 Å². The summed E-state index contributed by atoms with van der Waals surface area (Å²) in [4.78, 5) is 27.4. The molecular weight excluding hydrogens is 343 g/mol. The van der Waals surface area contributed by atoms with Gasteiger partial charge in [0.15, 0.2) is 0 Å². The maximum atomic E-state index is 14.1. The standard InChI is InChI=1S/C22H23FN2O2/c23-19-13-7-6-12-18(19)16-20(22(27)25-14-8-1-2-9-15-25)24-21(26)17-10-4-3-5-11-17/h3-7,10-13,16H,1-2,8-9,14-15H2,(H,24,26). The van der Waals surface area contributed by atoms with Crippen molar-refractivity contribution < 1.29 is 14.0 Å². The van der Waals surface area contributed by atoms with E-state index >= 15 is 0 Å². The monoisotopic (exact) mass is 366 g/mol. The zero-order chi connectivity index (χ0) is 19.1. The number of likely N-dealkylation sites (tertiary alicyclic amines) is 1. The molecule has 0 atom stereocenters. The number of hydrogen-bond donors (Lipinski definition) is 1. The first-order chi connectivity index (χ1) is 13.1. The molecule has 3 rings (SSSR count). The van der Waals surface area contributed by atoms with Gasteiger partial charge in [-0.2, -0.15) is 0 Å². The highest BCUT2D eigenvalue weighted by Gasteiger charge is 2.22. The number of halogens is 1. The third kappa shape index (κ3) is 5.03. The van der Waals surface area contributed by atoms with Crippen molar-refractivity contribution in [1.82, 2.24) is 10.2 Å². The minimum Gasteiger partial charge on any atom is -0.337 e. The summed E-state index contributed by atoms with van der Waals surface area (Å²) in [6, 6.07) is 14.9. The van der Waals surface area contributed by atoms with E-state index in [1.54, 1.807) is 47.4 Å². The van der Waals surface area contributed by atoms with E-state index < -0.39 is 5.82 Å². The number of hydrogen-bond acceptors (Lipinski definition) is 2. The summed E-state index contributed by atoms with van der Waals surface area (Å²) in [6.07, 6.45) is 5.47. The van der Waals surface area contributed by atoms with Crippen LogP contribution >= 0.6 is 0 Å². The summed E-state index contributed by atoms with van der Waals surface area (Å²) in [7, 11) is 0. The first-order valence-electron chi connectivity index (χ1n) is 9.27. The maximum absolute atomic E-state index is 14.1. The molecule has 1 saturated heterocycles. The molecule has 0 saturated carbocycles. The SMILES string of the molecule is O=C(NC(=Cc1ccccc1F)C(=O)N1CCCCCC1)c1ccccc1. The minimum absolute atomic E-state index is 0.0934. The van der Waals surface area contributed by atoms with Crippen LogP contribution in [0.2, 0.25) is 0 Å². The van der Waals surface area contributed by atoms with Crippen LogP contribution < -0.4 is 5.32 Å². The molecule has 5 heteroatoms. The van der Waals surface area contributed by atoms with Crippen molar-refractivity contribution >= 4 is 17.9 Å². The number of nitrogens with one attached hydrogen (secondary N) is 1. The first kappa shape index (κ1) is 18.8. The highest BCUT2D eigenvalue weighted by Crippen LogP contribution is 2.16. The van der Waals surface area contributed by atoms with E-state index in [-0.39, 0.29) is 23.1 Å². The molecule has 1 aliphatic rings. The van der Waals surface area contributed by atoms with Crippen LogP contribution in [-0.2, 0) is 4.79 Å². The van der Waals surface area contributed by atoms with Crippen LogP contribution in [0.25, 0.3) is 6.08 Å². The second-order valence-corrected chi connectivity index (χ2v) is 6.61. The normalized spacial score (nSPS) is 15.1. The minimum atomic E-state index is -0.437. The molecule has 2 aromatic carbocycles. The Labute approximate surface area is 158 Å². The number of carbonyl (C=O) groups excluding carboxylic acids is 2. The van der Waals surface area contributed by atoms with Gasteiger partial charge in [0.2, 0.25) is 0 Å². The Morgan fingerprint density at radius 1 is 0.889 bits per heavy atom. The van der Waals surface area contributed by atoms with Crippen LogP contribution in [0.4, 0.5) is 4.39 Å². The number of rotatable bonds is 4. The molecule has 1 aliphatic heterocycles. The molecule has 1 heterocycles. The molecule has 0 spiro atoms. The van der Waals surface area contributed by atoms with Gasteiger partial charge in [-0.05, 0) is 37.1 Å². The smallest absolute Gasteiger partial charge is 0.270 e. The number of amides is 2.